The summed E-state index contributed by atoms with van der Waals surface area (Å²) >= 11 is 0. The maximum Gasteiger partial charge on any atom is 0.410 e. The first-order chi connectivity index (χ1) is 19.2. The van der Waals surface area contributed by atoms with Gasteiger partial charge in [-0.05, 0) is 48.6 Å². The molecule has 0 bridgehead atoms. The molecule has 8 nitrogen and oxygen atoms in total. The van der Waals surface area contributed by atoms with Crippen LogP contribution in [0.25, 0.3) is 11.1 Å². The summed E-state index contributed by atoms with van der Waals surface area (Å²) in [6, 6.07) is 25.2. The topological polar surface area (TPSA) is 85.4 Å². The second kappa shape index (κ2) is 11.4. The molecular formula is C32H34N2O6. The van der Waals surface area contributed by atoms with Crippen molar-refractivity contribution in [2.45, 2.75) is 44.9 Å². The van der Waals surface area contributed by atoms with Crippen molar-refractivity contribution >= 4 is 18.2 Å². The lowest BCUT2D eigenvalue weighted by Crippen LogP contribution is -2.63. The van der Waals surface area contributed by atoms with Gasteiger partial charge in [-0.1, -0.05) is 78.9 Å². The molecule has 0 N–H and O–H groups in total. The van der Waals surface area contributed by atoms with Crippen molar-refractivity contribution in [3.05, 3.63) is 95.6 Å². The van der Waals surface area contributed by atoms with Gasteiger partial charge in [0.15, 0.2) is 0 Å². The Balaban J connectivity index is 1.26. The van der Waals surface area contributed by atoms with E-state index in [1.54, 1.807) is 20.8 Å². The van der Waals surface area contributed by atoms with Gasteiger partial charge in [-0.25, -0.2) is 9.59 Å². The number of benzene rings is 3. The Morgan fingerprint density at radius 1 is 0.825 bits per heavy atom. The van der Waals surface area contributed by atoms with Gasteiger partial charge in [0.2, 0.25) is 0 Å². The van der Waals surface area contributed by atoms with Gasteiger partial charge in [0.25, 0.3) is 0 Å². The molecule has 208 valence electrons. The molecule has 1 fully saturated rings. The van der Waals surface area contributed by atoms with E-state index >= 15 is 0 Å². The fraction of sp³-hybridized carbons (Fsp3) is 0.344. The summed E-state index contributed by atoms with van der Waals surface area (Å²) < 4.78 is 16.7. The molecule has 2 aliphatic rings. The maximum absolute atomic E-state index is 13.4. The quantitative estimate of drug-likeness (QED) is 0.285. The van der Waals surface area contributed by atoms with Gasteiger partial charge in [0.05, 0.1) is 6.04 Å². The average Bonchev–Trinajstić information content (AvgIpc) is 3.22. The molecule has 0 aromatic heterocycles. The predicted octanol–water partition coefficient (Wildman–Crippen LogP) is 5.60. The van der Waals surface area contributed by atoms with Crippen LogP contribution in [0, 0.1) is 0 Å². The summed E-state index contributed by atoms with van der Waals surface area (Å²) in [5.74, 6) is -0.657. The third-order valence-corrected chi connectivity index (χ3v) is 7.07. The van der Waals surface area contributed by atoms with Crippen molar-refractivity contribution in [3.8, 4) is 11.1 Å². The van der Waals surface area contributed by atoms with Gasteiger partial charge in [0.1, 0.15) is 25.4 Å². The zero-order chi connectivity index (χ0) is 28.3. The Morgan fingerprint density at radius 3 is 2.00 bits per heavy atom. The van der Waals surface area contributed by atoms with E-state index in [1.165, 1.54) is 9.80 Å². The van der Waals surface area contributed by atoms with Crippen molar-refractivity contribution in [2.75, 3.05) is 26.2 Å². The molecule has 40 heavy (non-hydrogen) atoms. The Labute approximate surface area is 234 Å². The second-order valence-corrected chi connectivity index (χ2v) is 11.1. The van der Waals surface area contributed by atoms with Crippen molar-refractivity contribution < 1.29 is 28.6 Å². The molecule has 0 spiro atoms. The number of likely N-dealkylation sites (tertiary alicyclic amines) is 1. The first kappa shape index (κ1) is 27.2. The van der Waals surface area contributed by atoms with Gasteiger partial charge in [-0.2, -0.15) is 0 Å². The Kier molecular flexibility index (Phi) is 7.78. The van der Waals surface area contributed by atoms with E-state index in [0.717, 1.165) is 27.8 Å². The number of amides is 2. The lowest BCUT2D eigenvalue weighted by atomic mass is 9.98. The smallest absolute Gasteiger partial charge is 0.410 e. The highest BCUT2D eigenvalue weighted by atomic mass is 16.6. The van der Waals surface area contributed by atoms with E-state index in [0.29, 0.717) is 0 Å². The number of carbonyl (C=O) groups excluding carboxylic acids is 3. The Morgan fingerprint density at radius 2 is 1.40 bits per heavy atom. The number of carbonyl (C=O) groups is 3. The SMILES string of the molecule is CC(C)(C)OC(=O)N1CC(N(CC(=O)OCc2ccccc2)C(=O)OCC2c3ccccc3-c3ccccc32)C1. The average molecular weight is 543 g/mol. The predicted molar refractivity (Wildman–Crippen MR) is 150 cm³/mol. The number of fused-ring (bicyclic) bond motifs is 3. The molecule has 0 saturated carbocycles. The molecule has 3 aromatic rings. The van der Waals surface area contributed by atoms with E-state index in [9.17, 15) is 14.4 Å². The third kappa shape index (κ3) is 6.11. The molecule has 2 amide bonds. The van der Waals surface area contributed by atoms with E-state index in [2.05, 4.69) is 24.3 Å². The van der Waals surface area contributed by atoms with Crippen LogP contribution >= 0.6 is 0 Å². The van der Waals surface area contributed by atoms with Crippen LogP contribution in [0.15, 0.2) is 78.9 Å². The normalized spacial score (nSPS) is 14.5. The van der Waals surface area contributed by atoms with Crippen LogP contribution in [-0.2, 0) is 25.6 Å². The number of esters is 1. The fourth-order valence-electron chi connectivity index (χ4n) is 5.07. The third-order valence-electron chi connectivity index (χ3n) is 7.07. The second-order valence-electron chi connectivity index (χ2n) is 11.1. The van der Waals surface area contributed by atoms with Crippen molar-refractivity contribution in [1.82, 2.24) is 9.80 Å². The number of nitrogens with zero attached hydrogens (tertiary/aromatic N) is 2. The maximum atomic E-state index is 13.4. The molecule has 5 rings (SSSR count). The van der Waals surface area contributed by atoms with Gasteiger partial charge in [-0.15, -0.1) is 0 Å². The molecule has 0 radical (unpaired) electrons. The van der Waals surface area contributed by atoms with Gasteiger partial charge in [-0.3, -0.25) is 9.69 Å². The molecule has 1 aliphatic heterocycles. The van der Waals surface area contributed by atoms with E-state index in [4.69, 9.17) is 14.2 Å². The summed E-state index contributed by atoms with van der Waals surface area (Å²) in [5.41, 5.74) is 4.69. The first-order valence-electron chi connectivity index (χ1n) is 13.5. The molecule has 1 heterocycles. The van der Waals surface area contributed by atoms with Crippen LogP contribution in [-0.4, -0.2) is 65.8 Å². The minimum atomic E-state index is -0.629. The minimum Gasteiger partial charge on any atom is -0.459 e. The summed E-state index contributed by atoms with van der Waals surface area (Å²) in [5, 5.41) is 0. The van der Waals surface area contributed by atoms with Crippen molar-refractivity contribution in [3.63, 3.8) is 0 Å². The number of hydrogen-bond donors (Lipinski definition) is 0. The van der Waals surface area contributed by atoms with Gasteiger partial charge in [0, 0.05) is 19.0 Å². The lowest BCUT2D eigenvalue weighted by Gasteiger charge is -2.44. The van der Waals surface area contributed by atoms with Crippen LogP contribution in [0.4, 0.5) is 9.59 Å². The highest BCUT2D eigenvalue weighted by Crippen LogP contribution is 2.44. The van der Waals surface area contributed by atoms with Gasteiger partial charge >= 0.3 is 18.2 Å². The lowest BCUT2D eigenvalue weighted by molar-refractivity contribution is -0.147. The minimum absolute atomic E-state index is 0.104. The Bertz CT molecular complexity index is 1330. The molecule has 1 aliphatic carbocycles. The molecular weight excluding hydrogens is 508 g/mol. The largest absolute Gasteiger partial charge is 0.459 e. The summed E-state index contributed by atoms with van der Waals surface area (Å²) in [6.07, 6.45) is -1.07. The number of rotatable bonds is 7. The zero-order valence-corrected chi connectivity index (χ0v) is 23.0. The summed E-state index contributed by atoms with van der Waals surface area (Å²) in [7, 11) is 0. The Hall–Kier alpha value is -4.33. The molecule has 0 atom stereocenters. The molecule has 8 heteroatoms. The summed E-state index contributed by atoms with van der Waals surface area (Å²) in [4.78, 5) is 41.6. The molecule has 1 saturated heterocycles. The van der Waals surface area contributed by atoms with Crippen LogP contribution < -0.4 is 0 Å². The van der Waals surface area contributed by atoms with E-state index < -0.39 is 29.8 Å². The monoisotopic (exact) mass is 542 g/mol. The van der Waals surface area contributed by atoms with Crippen LogP contribution in [0.1, 0.15) is 43.4 Å². The van der Waals surface area contributed by atoms with E-state index in [1.807, 2.05) is 54.6 Å². The highest BCUT2D eigenvalue weighted by molar-refractivity contribution is 5.80. The number of hydrogen-bond acceptors (Lipinski definition) is 6. The van der Waals surface area contributed by atoms with Gasteiger partial charge < -0.3 is 19.1 Å². The zero-order valence-electron chi connectivity index (χ0n) is 23.0. The molecule has 0 unspecified atom stereocenters. The van der Waals surface area contributed by atoms with Crippen molar-refractivity contribution in [1.29, 1.82) is 0 Å². The highest BCUT2D eigenvalue weighted by Gasteiger charge is 2.41. The first-order valence-corrected chi connectivity index (χ1v) is 13.5. The van der Waals surface area contributed by atoms with E-state index in [-0.39, 0.29) is 38.8 Å². The standard InChI is InChI=1S/C32H34N2O6/c1-32(2,3)40-30(36)33-17-23(18-33)34(19-29(35)38-20-22-11-5-4-6-12-22)31(37)39-21-28-26-15-9-7-13-24(26)25-14-8-10-16-27(25)28/h4-16,23,28H,17-21H2,1-3H3. The number of ether oxygens (including phenoxy) is 3. The van der Waals surface area contributed by atoms with Crippen LogP contribution in [0.2, 0.25) is 0 Å². The van der Waals surface area contributed by atoms with Crippen LogP contribution in [0.5, 0.6) is 0 Å². The summed E-state index contributed by atoms with van der Waals surface area (Å²) in [6.45, 7) is 5.83. The van der Waals surface area contributed by atoms with Crippen molar-refractivity contribution in [2.24, 2.45) is 0 Å². The molecule has 3 aromatic carbocycles. The van der Waals surface area contributed by atoms with Crippen LogP contribution in [0.3, 0.4) is 0 Å². The fourth-order valence-corrected chi connectivity index (χ4v) is 5.07.